The zero-order valence-corrected chi connectivity index (χ0v) is 19.6. The highest BCUT2D eigenvalue weighted by Gasteiger charge is 2.27. The predicted molar refractivity (Wildman–Crippen MR) is 123 cm³/mol. The molecule has 0 saturated carbocycles. The first kappa shape index (κ1) is 24.0. The number of carbonyl (C=O) groups excluding carboxylic acids is 1. The Morgan fingerprint density at radius 2 is 2.10 bits per heavy atom. The molecule has 1 atom stereocenters. The molecule has 3 rings (SSSR count). The largest absolute Gasteiger partial charge is 0.357 e. The molecule has 0 spiro atoms. The first-order valence-electron chi connectivity index (χ1n) is 9.66. The van der Waals surface area contributed by atoms with Crippen molar-refractivity contribution in [3.63, 3.8) is 0 Å². The van der Waals surface area contributed by atoms with E-state index in [1.165, 1.54) is 12.1 Å². The topological polar surface area (TPSA) is 65.8 Å². The van der Waals surface area contributed by atoms with Gasteiger partial charge in [-0.1, -0.05) is 13.0 Å². The molecule has 1 fully saturated rings. The van der Waals surface area contributed by atoms with Crippen LogP contribution in [0.2, 0.25) is 0 Å². The fraction of sp³-hybridized carbons (Fsp3) is 0.450. The third-order valence-corrected chi connectivity index (χ3v) is 4.87. The van der Waals surface area contributed by atoms with Gasteiger partial charge >= 0.3 is 0 Å². The number of rotatable bonds is 5. The molecule has 1 aliphatic heterocycles. The number of guanidine groups is 1. The lowest BCUT2D eigenvalue weighted by Gasteiger charge is -2.35. The summed E-state index contributed by atoms with van der Waals surface area (Å²) in [5.74, 6) is -0.816. The van der Waals surface area contributed by atoms with Gasteiger partial charge in [-0.05, 0) is 18.6 Å². The summed E-state index contributed by atoms with van der Waals surface area (Å²) in [7, 11) is 1.81. The summed E-state index contributed by atoms with van der Waals surface area (Å²) in [5.41, 5.74) is 1.20. The molecule has 0 aliphatic carbocycles. The van der Waals surface area contributed by atoms with Crippen LogP contribution in [0.25, 0.3) is 0 Å². The fourth-order valence-corrected chi connectivity index (χ4v) is 3.32. The van der Waals surface area contributed by atoms with Crippen LogP contribution in [0.3, 0.4) is 0 Å². The highest BCUT2D eigenvalue weighted by Crippen LogP contribution is 2.21. The number of aliphatic imine (C=N–C) groups is 1. The minimum atomic E-state index is -0.597. The highest BCUT2D eigenvalue weighted by atomic mass is 127. The normalized spacial score (nSPS) is 15.8. The van der Waals surface area contributed by atoms with Crippen LogP contribution in [0.5, 0.6) is 0 Å². The van der Waals surface area contributed by atoms with E-state index in [9.17, 15) is 13.6 Å². The molecule has 1 saturated heterocycles. The van der Waals surface area contributed by atoms with Crippen molar-refractivity contribution >= 4 is 41.5 Å². The number of benzene rings is 1. The quantitative estimate of drug-likeness (QED) is 0.366. The van der Waals surface area contributed by atoms with Crippen molar-refractivity contribution in [2.24, 2.45) is 12.0 Å². The maximum absolute atomic E-state index is 14.0. The van der Waals surface area contributed by atoms with Crippen LogP contribution in [-0.4, -0.2) is 59.3 Å². The minimum Gasteiger partial charge on any atom is -0.357 e. The molecule has 164 valence electrons. The molecule has 30 heavy (non-hydrogen) atoms. The highest BCUT2D eigenvalue weighted by molar-refractivity contribution is 14.0. The fourth-order valence-electron chi connectivity index (χ4n) is 3.32. The lowest BCUT2D eigenvalue weighted by molar-refractivity contribution is -0.120. The van der Waals surface area contributed by atoms with Crippen LogP contribution in [0.1, 0.15) is 25.3 Å². The van der Waals surface area contributed by atoms with Gasteiger partial charge in [0, 0.05) is 51.4 Å². The van der Waals surface area contributed by atoms with Gasteiger partial charge in [0.05, 0.1) is 11.9 Å². The summed E-state index contributed by atoms with van der Waals surface area (Å²) in [4.78, 5) is 20.8. The number of halogens is 3. The monoisotopic (exact) mass is 532 g/mol. The molecule has 1 amide bonds. The van der Waals surface area contributed by atoms with Crippen molar-refractivity contribution in [3.8, 4) is 0 Å². The summed E-state index contributed by atoms with van der Waals surface area (Å²) in [6.07, 6.45) is 3.48. The van der Waals surface area contributed by atoms with Crippen molar-refractivity contribution < 1.29 is 13.6 Å². The van der Waals surface area contributed by atoms with Crippen molar-refractivity contribution in [1.29, 1.82) is 0 Å². The Bertz CT molecular complexity index is 903. The lowest BCUT2D eigenvalue weighted by atomic mass is 10.0. The average molecular weight is 532 g/mol. The van der Waals surface area contributed by atoms with E-state index < -0.39 is 11.6 Å². The molecule has 1 aromatic carbocycles. The molecule has 1 unspecified atom stereocenters. The zero-order valence-electron chi connectivity index (χ0n) is 17.3. The van der Waals surface area contributed by atoms with Gasteiger partial charge in [0.15, 0.2) is 5.96 Å². The van der Waals surface area contributed by atoms with Gasteiger partial charge in [-0.3, -0.25) is 14.5 Å². The molecule has 1 N–H and O–H groups in total. The Hall–Kier alpha value is -2.24. The number of nitrogens with one attached hydrogen (secondary N) is 1. The second-order valence-electron chi connectivity index (χ2n) is 7.10. The van der Waals surface area contributed by atoms with Crippen LogP contribution < -0.4 is 10.2 Å². The Morgan fingerprint density at radius 3 is 2.70 bits per heavy atom. The Morgan fingerprint density at radius 1 is 1.33 bits per heavy atom. The predicted octanol–water partition coefficient (Wildman–Crippen LogP) is 2.73. The number of nitrogens with zero attached hydrogens (tertiary/aromatic N) is 5. The van der Waals surface area contributed by atoms with Crippen LogP contribution in [0.15, 0.2) is 35.6 Å². The molecule has 0 radical (unpaired) electrons. The summed E-state index contributed by atoms with van der Waals surface area (Å²) in [6.45, 7) is 6.10. The maximum Gasteiger partial charge on any atom is 0.246 e. The van der Waals surface area contributed by atoms with Gasteiger partial charge in [0.1, 0.15) is 18.2 Å². The van der Waals surface area contributed by atoms with Gasteiger partial charge in [-0.2, -0.15) is 5.10 Å². The van der Waals surface area contributed by atoms with Crippen molar-refractivity contribution in [1.82, 2.24) is 20.0 Å². The van der Waals surface area contributed by atoms with Crippen molar-refractivity contribution in [2.75, 3.05) is 37.6 Å². The van der Waals surface area contributed by atoms with E-state index in [4.69, 9.17) is 0 Å². The van der Waals surface area contributed by atoms with E-state index >= 15 is 0 Å². The smallest absolute Gasteiger partial charge is 0.246 e. The van der Waals surface area contributed by atoms with E-state index in [1.54, 1.807) is 15.8 Å². The maximum atomic E-state index is 14.0. The number of hydrogen-bond acceptors (Lipinski definition) is 3. The Balaban J connectivity index is 0.00000320. The number of piperazine rings is 1. The first-order chi connectivity index (χ1) is 13.9. The van der Waals surface area contributed by atoms with Gasteiger partial charge in [0.2, 0.25) is 5.91 Å². The van der Waals surface area contributed by atoms with Gasteiger partial charge in [0.25, 0.3) is 0 Å². The van der Waals surface area contributed by atoms with Crippen LogP contribution in [-0.2, 0) is 11.8 Å². The number of hydrogen-bond donors (Lipinski definition) is 1. The SMILES string of the molecule is CCNC(=NCC(C)c1ccc(F)cc1F)N1CCN(c2cnn(C)c2)C(=O)C1.I. The third-order valence-electron chi connectivity index (χ3n) is 4.87. The molecule has 2 heterocycles. The van der Waals surface area contributed by atoms with Crippen molar-refractivity contribution in [2.45, 2.75) is 19.8 Å². The summed E-state index contributed by atoms with van der Waals surface area (Å²) in [6, 6.07) is 3.59. The third kappa shape index (κ3) is 5.67. The number of anilines is 1. The van der Waals surface area contributed by atoms with Crippen LogP contribution in [0.4, 0.5) is 14.5 Å². The zero-order chi connectivity index (χ0) is 21.0. The molecular formula is C20H27F2IN6O. The number of aryl methyl sites for hydroxylation is 1. The van der Waals surface area contributed by atoms with E-state index in [0.717, 1.165) is 11.8 Å². The number of aromatic nitrogens is 2. The van der Waals surface area contributed by atoms with Crippen LogP contribution >= 0.6 is 24.0 Å². The molecule has 0 bridgehead atoms. The van der Waals surface area contributed by atoms with Crippen LogP contribution in [0, 0.1) is 11.6 Å². The van der Waals surface area contributed by atoms with Gasteiger partial charge in [-0.25, -0.2) is 8.78 Å². The summed E-state index contributed by atoms with van der Waals surface area (Å²) in [5, 5.41) is 7.32. The molecule has 7 nitrogen and oxygen atoms in total. The average Bonchev–Trinajstić information content (AvgIpc) is 3.10. The molecule has 2 aromatic rings. The summed E-state index contributed by atoms with van der Waals surface area (Å²) < 4.78 is 28.8. The van der Waals surface area contributed by atoms with Gasteiger partial charge < -0.3 is 15.1 Å². The lowest BCUT2D eigenvalue weighted by Crippen LogP contribution is -2.55. The molecule has 1 aromatic heterocycles. The number of amides is 1. The number of carbonyl (C=O) groups is 1. The Labute approximate surface area is 192 Å². The van der Waals surface area contributed by atoms with E-state index in [-0.39, 0.29) is 42.3 Å². The first-order valence-corrected chi connectivity index (χ1v) is 9.66. The second kappa shape index (κ2) is 10.7. The second-order valence-corrected chi connectivity index (χ2v) is 7.10. The van der Waals surface area contributed by atoms with Gasteiger partial charge in [-0.15, -0.1) is 24.0 Å². The minimum absolute atomic E-state index is 0. The Kier molecular flexibility index (Phi) is 8.56. The van der Waals surface area contributed by atoms with E-state index in [0.29, 0.717) is 37.7 Å². The molecule has 1 aliphatic rings. The summed E-state index contributed by atoms with van der Waals surface area (Å²) >= 11 is 0. The van der Waals surface area contributed by atoms with E-state index in [1.807, 2.05) is 32.0 Å². The standard InChI is InChI=1S/C20H26F2N6O.HI/c1-4-23-20(24-10-14(2)17-6-5-15(21)9-18(17)22)27-7-8-28(19(29)13-27)16-11-25-26(3)12-16;/h5-6,9,11-12,14H,4,7-8,10,13H2,1-3H3,(H,23,24);1H. The van der Waals surface area contributed by atoms with Crippen molar-refractivity contribution in [3.05, 3.63) is 47.8 Å². The molecular weight excluding hydrogens is 505 g/mol. The molecule has 10 heteroatoms. The van der Waals surface area contributed by atoms with E-state index in [2.05, 4.69) is 15.4 Å².